The molecule has 4 aromatic rings. The molecule has 0 unspecified atom stereocenters. The molecule has 7 nitrogen and oxygen atoms in total. The Bertz CT molecular complexity index is 1500. The molecule has 0 spiro atoms. The van der Waals surface area contributed by atoms with Crippen molar-refractivity contribution in [2.45, 2.75) is 19.4 Å². The van der Waals surface area contributed by atoms with Crippen molar-refractivity contribution in [2.75, 3.05) is 32.7 Å². The van der Waals surface area contributed by atoms with Gasteiger partial charge in [-0.2, -0.15) is 0 Å². The van der Waals surface area contributed by atoms with Crippen molar-refractivity contribution in [2.24, 2.45) is 0 Å². The number of thiocarbonyl (C=S) groups is 1. The van der Waals surface area contributed by atoms with Gasteiger partial charge in [-0.15, -0.1) is 0 Å². The van der Waals surface area contributed by atoms with Gasteiger partial charge < -0.3 is 28.8 Å². The Morgan fingerprint density at radius 2 is 1.81 bits per heavy atom. The number of nitrogens with zero attached hydrogens (tertiary/aromatic N) is 1. The van der Waals surface area contributed by atoms with Crippen LogP contribution in [-0.2, 0) is 6.42 Å². The molecular weight excluding hydrogens is 488 g/mol. The molecule has 3 aromatic carbocycles. The minimum Gasteiger partial charge on any atom is -0.493 e. The summed E-state index contributed by atoms with van der Waals surface area (Å²) in [5.41, 5.74) is 4.12. The average molecular weight is 517 g/mol. The summed E-state index contributed by atoms with van der Waals surface area (Å²) < 4.78 is 22.8. The fraction of sp³-hybridized carbons (Fsp3) is 0.241. The summed E-state index contributed by atoms with van der Waals surface area (Å²) in [4.78, 5) is 14.0. The van der Waals surface area contributed by atoms with Crippen LogP contribution in [0.15, 0.2) is 75.9 Å². The van der Waals surface area contributed by atoms with Crippen molar-refractivity contribution >= 4 is 34.0 Å². The quantitative estimate of drug-likeness (QED) is 0.266. The Hall–Kier alpha value is -4.04. The van der Waals surface area contributed by atoms with Crippen LogP contribution in [-0.4, -0.2) is 37.4 Å². The number of para-hydroxylation sites is 1. The van der Waals surface area contributed by atoms with E-state index in [2.05, 4.69) is 10.2 Å². The number of methoxy groups -OCH3 is 2. The molecule has 8 heteroatoms. The summed E-state index contributed by atoms with van der Waals surface area (Å²) in [6, 6.07) is 20.7. The Kier molecular flexibility index (Phi) is 7.01. The van der Waals surface area contributed by atoms with Crippen LogP contribution in [0.25, 0.3) is 11.0 Å². The van der Waals surface area contributed by atoms with Crippen molar-refractivity contribution in [1.82, 2.24) is 4.90 Å². The molecule has 1 aromatic heterocycles. The van der Waals surface area contributed by atoms with Crippen LogP contribution in [0.4, 0.5) is 5.69 Å². The van der Waals surface area contributed by atoms with Gasteiger partial charge in [0.1, 0.15) is 17.9 Å². The molecule has 2 heterocycles. The van der Waals surface area contributed by atoms with E-state index in [1.54, 1.807) is 20.3 Å². The first-order valence-electron chi connectivity index (χ1n) is 12.0. The maximum absolute atomic E-state index is 11.9. The number of aryl methyl sites for hydroxylation is 1. The first-order chi connectivity index (χ1) is 18.0. The van der Waals surface area contributed by atoms with Crippen LogP contribution >= 0.6 is 12.2 Å². The molecule has 0 saturated heterocycles. The van der Waals surface area contributed by atoms with E-state index in [4.69, 9.17) is 30.8 Å². The van der Waals surface area contributed by atoms with Gasteiger partial charge in [0.15, 0.2) is 16.6 Å². The zero-order valence-corrected chi connectivity index (χ0v) is 21.8. The van der Waals surface area contributed by atoms with E-state index in [9.17, 15) is 4.79 Å². The molecule has 37 heavy (non-hydrogen) atoms. The lowest BCUT2D eigenvalue weighted by molar-refractivity contribution is 0.190. The molecule has 1 N–H and O–H groups in total. The van der Waals surface area contributed by atoms with Gasteiger partial charge in [-0.05, 0) is 78.7 Å². The van der Waals surface area contributed by atoms with Gasteiger partial charge in [-0.1, -0.05) is 18.2 Å². The van der Waals surface area contributed by atoms with Crippen LogP contribution in [0.1, 0.15) is 22.7 Å². The molecule has 1 aliphatic heterocycles. The van der Waals surface area contributed by atoms with Crippen molar-refractivity contribution in [3.05, 3.63) is 93.8 Å². The molecule has 190 valence electrons. The molecule has 0 radical (unpaired) electrons. The fourth-order valence-corrected chi connectivity index (χ4v) is 5.07. The number of benzene rings is 3. The summed E-state index contributed by atoms with van der Waals surface area (Å²) in [5.74, 6) is 1.95. The highest BCUT2D eigenvalue weighted by atomic mass is 32.1. The van der Waals surface area contributed by atoms with Crippen molar-refractivity contribution in [3.8, 4) is 17.2 Å². The van der Waals surface area contributed by atoms with E-state index in [0.29, 0.717) is 41.1 Å². The van der Waals surface area contributed by atoms with Gasteiger partial charge in [-0.25, -0.2) is 4.79 Å². The Morgan fingerprint density at radius 3 is 2.57 bits per heavy atom. The van der Waals surface area contributed by atoms with Gasteiger partial charge >= 0.3 is 5.63 Å². The van der Waals surface area contributed by atoms with E-state index >= 15 is 0 Å². The topological polar surface area (TPSA) is 73.2 Å². The van der Waals surface area contributed by atoms with Crippen LogP contribution in [0.5, 0.6) is 17.2 Å². The predicted molar refractivity (Wildman–Crippen MR) is 148 cm³/mol. The SMILES string of the molecule is COc1cc2c(cc1OC)[C@H](COc1ccc3c(C)cc(=O)oc3c1)N(C(=S)Nc1ccccc1)CC2. The largest absolute Gasteiger partial charge is 0.493 e. The number of fused-ring (bicyclic) bond motifs is 2. The Morgan fingerprint density at radius 1 is 1.05 bits per heavy atom. The van der Waals surface area contributed by atoms with Crippen molar-refractivity contribution < 1.29 is 18.6 Å². The normalized spacial score (nSPS) is 14.7. The highest BCUT2D eigenvalue weighted by Crippen LogP contribution is 2.39. The smallest absolute Gasteiger partial charge is 0.336 e. The number of ether oxygens (including phenoxy) is 3. The second-order valence-corrected chi connectivity index (χ2v) is 9.27. The van der Waals surface area contributed by atoms with Crippen LogP contribution in [0, 0.1) is 6.92 Å². The van der Waals surface area contributed by atoms with Gasteiger partial charge in [0, 0.05) is 29.8 Å². The summed E-state index contributed by atoms with van der Waals surface area (Å²) in [7, 11) is 3.27. The average Bonchev–Trinajstić information content (AvgIpc) is 2.90. The van der Waals surface area contributed by atoms with Crippen molar-refractivity contribution in [1.29, 1.82) is 0 Å². The van der Waals surface area contributed by atoms with E-state index in [1.807, 2.05) is 61.5 Å². The van der Waals surface area contributed by atoms with Gasteiger partial charge in [0.25, 0.3) is 0 Å². The standard InChI is InChI=1S/C29H28N2O5S/c1-18-13-28(32)36-25-15-21(9-10-22(18)25)35-17-24-23-16-27(34-3)26(33-2)14-19(23)11-12-31(24)29(37)30-20-7-5-4-6-8-20/h4-10,13-16,24H,11-12,17H2,1-3H3,(H,30,37)/t24-/m0/s1. The fourth-order valence-electron chi connectivity index (χ4n) is 4.74. The third-order valence-electron chi connectivity index (χ3n) is 6.62. The minimum atomic E-state index is -0.382. The molecule has 0 bridgehead atoms. The third-order valence-corrected chi connectivity index (χ3v) is 6.96. The van der Waals surface area contributed by atoms with Crippen LogP contribution in [0.2, 0.25) is 0 Å². The minimum absolute atomic E-state index is 0.188. The molecule has 0 amide bonds. The van der Waals surface area contributed by atoms with Gasteiger partial charge in [-0.3, -0.25) is 0 Å². The molecule has 0 fully saturated rings. The maximum atomic E-state index is 11.9. The highest BCUT2D eigenvalue weighted by Gasteiger charge is 2.31. The zero-order chi connectivity index (χ0) is 25.9. The molecule has 5 rings (SSSR count). The summed E-state index contributed by atoms with van der Waals surface area (Å²) in [6.07, 6.45) is 0.795. The number of hydrogen-bond donors (Lipinski definition) is 1. The first kappa shape index (κ1) is 24.6. The Labute approximate surface area is 220 Å². The van der Waals surface area contributed by atoms with Crippen LogP contribution in [0.3, 0.4) is 0 Å². The summed E-state index contributed by atoms with van der Waals surface area (Å²) in [6.45, 7) is 2.92. The monoisotopic (exact) mass is 516 g/mol. The van der Waals surface area contributed by atoms with Crippen LogP contribution < -0.4 is 25.2 Å². The molecule has 0 saturated carbocycles. The third kappa shape index (κ3) is 5.11. The number of hydrogen-bond acceptors (Lipinski definition) is 6. The molecular formula is C29H28N2O5S. The molecule has 0 aliphatic carbocycles. The lowest BCUT2D eigenvalue weighted by Gasteiger charge is -2.39. The highest BCUT2D eigenvalue weighted by molar-refractivity contribution is 7.80. The summed E-state index contributed by atoms with van der Waals surface area (Å²) in [5, 5.41) is 4.84. The second kappa shape index (κ2) is 10.5. The summed E-state index contributed by atoms with van der Waals surface area (Å²) >= 11 is 5.85. The second-order valence-electron chi connectivity index (χ2n) is 8.88. The zero-order valence-electron chi connectivity index (χ0n) is 20.9. The van der Waals surface area contributed by atoms with E-state index in [-0.39, 0.29) is 11.7 Å². The number of nitrogens with one attached hydrogen (secondary N) is 1. The van der Waals surface area contributed by atoms with E-state index in [1.165, 1.54) is 6.07 Å². The molecule has 1 atom stereocenters. The molecule has 1 aliphatic rings. The number of anilines is 1. The lowest BCUT2D eigenvalue weighted by Crippen LogP contribution is -2.44. The van der Waals surface area contributed by atoms with E-state index < -0.39 is 0 Å². The van der Waals surface area contributed by atoms with E-state index in [0.717, 1.165) is 34.2 Å². The predicted octanol–water partition coefficient (Wildman–Crippen LogP) is 5.49. The Balaban J connectivity index is 1.47. The van der Waals surface area contributed by atoms with Gasteiger partial charge in [0.05, 0.1) is 20.3 Å². The van der Waals surface area contributed by atoms with Crippen molar-refractivity contribution in [3.63, 3.8) is 0 Å². The lowest BCUT2D eigenvalue weighted by atomic mass is 9.92. The first-order valence-corrected chi connectivity index (χ1v) is 12.4. The maximum Gasteiger partial charge on any atom is 0.336 e. The number of rotatable bonds is 6. The van der Waals surface area contributed by atoms with Gasteiger partial charge in [0.2, 0.25) is 0 Å².